The summed E-state index contributed by atoms with van der Waals surface area (Å²) in [6.45, 7) is 6.45. The number of nitrogens with two attached hydrogens (primary N) is 1. The van der Waals surface area contributed by atoms with Gasteiger partial charge in [0.2, 0.25) is 0 Å². The van der Waals surface area contributed by atoms with Crippen LogP contribution in [0.1, 0.15) is 31.9 Å². The van der Waals surface area contributed by atoms with Crippen LogP contribution in [0.4, 0.5) is 0 Å². The van der Waals surface area contributed by atoms with Crippen LogP contribution < -0.4 is 5.73 Å². The zero-order chi connectivity index (χ0) is 10.8. The molecule has 0 saturated heterocycles. The van der Waals surface area contributed by atoms with Gasteiger partial charge in [0.25, 0.3) is 0 Å². The van der Waals surface area contributed by atoms with Gasteiger partial charge in [-0.3, -0.25) is 0 Å². The molecule has 0 aliphatic heterocycles. The molecule has 0 saturated carbocycles. The van der Waals surface area contributed by atoms with E-state index in [0.29, 0.717) is 6.54 Å². The predicted molar refractivity (Wildman–Crippen MR) is 59.0 cm³/mol. The fraction of sp³-hybridized carbons (Fsp3) is 0.500. The molecule has 0 aliphatic rings. The van der Waals surface area contributed by atoms with Crippen LogP contribution in [0.2, 0.25) is 0 Å². The topological polar surface area (TPSA) is 46.2 Å². The third-order valence-corrected chi connectivity index (χ3v) is 2.98. The molecular formula is C12H19NO. The summed E-state index contributed by atoms with van der Waals surface area (Å²) < 4.78 is 0. The normalized spacial score (nSPS) is 14.1. The largest absolute Gasteiger partial charge is 0.393 e. The van der Waals surface area contributed by atoms with E-state index < -0.39 is 0 Å². The van der Waals surface area contributed by atoms with Crippen molar-refractivity contribution in [3.05, 3.63) is 35.4 Å². The summed E-state index contributed by atoms with van der Waals surface area (Å²) in [6.07, 6.45) is -0.355. The third kappa shape index (κ3) is 2.14. The van der Waals surface area contributed by atoms with Gasteiger partial charge in [-0.15, -0.1) is 0 Å². The van der Waals surface area contributed by atoms with Gasteiger partial charge in [-0.1, -0.05) is 38.1 Å². The molecule has 0 radical (unpaired) electrons. The van der Waals surface area contributed by atoms with Crippen molar-refractivity contribution in [2.45, 2.75) is 38.8 Å². The number of hydrogen-bond acceptors (Lipinski definition) is 2. The zero-order valence-electron chi connectivity index (χ0n) is 9.12. The Bertz CT molecular complexity index is 288. The van der Waals surface area contributed by atoms with Crippen LogP contribution in [0, 0.1) is 0 Å². The summed E-state index contributed by atoms with van der Waals surface area (Å²) in [5, 5.41) is 9.64. The van der Waals surface area contributed by atoms with Gasteiger partial charge in [-0.05, 0) is 18.1 Å². The van der Waals surface area contributed by atoms with Gasteiger partial charge in [-0.25, -0.2) is 0 Å². The summed E-state index contributed by atoms with van der Waals surface area (Å²) in [7, 11) is 0. The fourth-order valence-electron chi connectivity index (χ4n) is 1.31. The summed E-state index contributed by atoms with van der Waals surface area (Å²) in [6, 6.07) is 8.10. The first-order valence-electron chi connectivity index (χ1n) is 4.96. The highest BCUT2D eigenvalue weighted by molar-refractivity contribution is 5.28. The molecule has 14 heavy (non-hydrogen) atoms. The molecule has 0 bridgehead atoms. The minimum atomic E-state index is -0.355. The van der Waals surface area contributed by atoms with Gasteiger partial charge in [0, 0.05) is 12.0 Å². The second-order valence-electron chi connectivity index (χ2n) is 4.30. The molecule has 78 valence electrons. The zero-order valence-corrected chi connectivity index (χ0v) is 9.12. The van der Waals surface area contributed by atoms with Crippen molar-refractivity contribution < 1.29 is 5.11 Å². The second kappa shape index (κ2) is 4.11. The fourth-order valence-corrected chi connectivity index (χ4v) is 1.31. The molecule has 3 N–H and O–H groups in total. The Morgan fingerprint density at radius 1 is 1.29 bits per heavy atom. The summed E-state index contributed by atoms with van der Waals surface area (Å²) in [5.41, 5.74) is 7.58. The first-order chi connectivity index (χ1) is 6.48. The molecule has 1 atom stereocenters. The van der Waals surface area contributed by atoms with E-state index in [1.807, 2.05) is 45.0 Å². The Balaban J connectivity index is 2.97. The minimum absolute atomic E-state index is 0.201. The standard InChI is InChI=1S/C12H19NO/c1-9(14)12(2,3)11-6-4-10(8-13)5-7-11/h4-7,9,14H,8,13H2,1-3H3. The van der Waals surface area contributed by atoms with Gasteiger partial charge in [0.05, 0.1) is 6.10 Å². The minimum Gasteiger partial charge on any atom is -0.393 e. The van der Waals surface area contributed by atoms with Crippen molar-refractivity contribution in [2.75, 3.05) is 0 Å². The van der Waals surface area contributed by atoms with E-state index in [1.54, 1.807) is 0 Å². The Hall–Kier alpha value is -0.860. The van der Waals surface area contributed by atoms with E-state index in [1.165, 1.54) is 0 Å². The van der Waals surface area contributed by atoms with E-state index in [-0.39, 0.29) is 11.5 Å². The summed E-state index contributed by atoms with van der Waals surface area (Å²) in [5.74, 6) is 0. The van der Waals surface area contributed by atoms with E-state index in [2.05, 4.69) is 0 Å². The van der Waals surface area contributed by atoms with E-state index in [0.717, 1.165) is 11.1 Å². The Morgan fingerprint density at radius 2 is 1.79 bits per heavy atom. The maximum Gasteiger partial charge on any atom is 0.0603 e. The smallest absolute Gasteiger partial charge is 0.0603 e. The first kappa shape index (κ1) is 11.2. The average Bonchev–Trinajstić information content (AvgIpc) is 2.17. The molecule has 1 unspecified atom stereocenters. The van der Waals surface area contributed by atoms with Crippen LogP contribution in [0.5, 0.6) is 0 Å². The van der Waals surface area contributed by atoms with Crippen LogP contribution in [0.15, 0.2) is 24.3 Å². The lowest BCUT2D eigenvalue weighted by atomic mass is 9.80. The molecule has 1 aromatic carbocycles. The van der Waals surface area contributed by atoms with Crippen molar-refractivity contribution in [1.82, 2.24) is 0 Å². The van der Waals surface area contributed by atoms with Crippen LogP contribution >= 0.6 is 0 Å². The van der Waals surface area contributed by atoms with E-state index in [4.69, 9.17) is 5.73 Å². The van der Waals surface area contributed by atoms with Crippen LogP contribution in [-0.4, -0.2) is 11.2 Å². The molecule has 0 fully saturated rings. The van der Waals surface area contributed by atoms with Gasteiger partial charge >= 0.3 is 0 Å². The predicted octanol–water partition coefficient (Wildman–Crippen LogP) is 1.80. The lowest BCUT2D eigenvalue weighted by Gasteiger charge is -2.28. The summed E-state index contributed by atoms with van der Waals surface area (Å²) >= 11 is 0. The highest BCUT2D eigenvalue weighted by atomic mass is 16.3. The number of rotatable bonds is 3. The molecule has 0 aromatic heterocycles. The molecule has 0 heterocycles. The van der Waals surface area contributed by atoms with Crippen molar-refractivity contribution in [3.63, 3.8) is 0 Å². The highest BCUT2D eigenvalue weighted by Gasteiger charge is 2.25. The number of aliphatic hydroxyl groups excluding tert-OH is 1. The number of benzene rings is 1. The van der Waals surface area contributed by atoms with Crippen LogP contribution in [0.3, 0.4) is 0 Å². The molecule has 0 amide bonds. The van der Waals surface area contributed by atoms with E-state index in [9.17, 15) is 5.11 Å². The van der Waals surface area contributed by atoms with Crippen molar-refractivity contribution in [2.24, 2.45) is 5.73 Å². The van der Waals surface area contributed by atoms with Crippen molar-refractivity contribution in [3.8, 4) is 0 Å². The van der Waals surface area contributed by atoms with Crippen molar-refractivity contribution in [1.29, 1.82) is 0 Å². The SMILES string of the molecule is CC(O)C(C)(C)c1ccc(CN)cc1. The monoisotopic (exact) mass is 193 g/mol. The van der Waals surface area contributed by atoms with Crippen LogP contribution in [0.25, 0.3) is 0 Å². The van der Waals surface area contributed by atoms with Crippen molar-refractivity contribution >= 4 is 0 Å². The van der Waals surface area contributed by atoms with Crippen LogP contribution in [-0.2, 0) is 12.0 Å². The Kier molecular flexibility index (Phi) is 3.29. The first-order valence-corrected chi connectivity index (χ1v) is 4.96. The van der Waals surface area contributed by atoms with Gasteiger partial charge in [0.15, 0.2) is 0 Å². The Labute approximate surface area is 85.8 Å². The molecule has 2 nitrogen and oxygen atoms in total. The highest BCUT2D eigenvalue weighted by Crippen LogP contribution is 2.26. The molecule has 2 heteroatoms. The lowest BCUT2D eigenvalue weighted by Crippen LogP contribution is -2.30. The average molecular weight is 193 g/mol. The number of hydrogen-bond donors (Lipinski definition) is 2. The third-order valence-electron chi connectivity index (χ3n) is 2.98. The Morgan fingerprint density at radius 3 is 2.14 bits per heavy atom. The lowest BCUT2D eigenvalue weighted by molar-refractivity contribution is 0.118. The number of aliphatic hydroxyl groups is 1. The molecule has 1 aromatic rings. The van der Waals surface area contributed by atoms with E-state index >= 15 is 0 Å². The maximum absolute atomic E-state index is 9.64. The summed E-state index contributed by atoms with van der Waals surface area (Å²) in [4.78, 5) is 0. The van der Waals surface area contributed by atoms with Gasteiger partial charge < -0.3 is 10.8 Å². The maximum atomic E-state index is 9.64. The molecule has 0 spiro atoms. The molecule has 0 aliphatic carbocycles. The quantitative estimate of drug-likeness (QED) is 0.769. The molecular weight excluding hydrogens is 174 g/mol. The van der Waals surface area contributed by atoms with Gasteiger partial charge in [0.1, 0.15) is 0 Å². The van der Waals surface area contributed by atoms with Gasteiger partial charge in [-0.2, -0.15) is 0 Å². The second-order valence-corrected chi connectivity index (χ2v) is 4.30. The molecule has 1 rings (SSSR count).